The number of rotatable bonds is 3. The number of carboxylic acid groups (broad SMARTS) is 1. The predicted molar refractivity (Wildman–Crippen MR) is 65.7 cm³/mol. The van der Waals surface area contributed by atoms with E-state index in [1.54, 1.807) is 18.2 Å². The number of hydrogen-bond donors (Lipinski definition) is 1. The van der Waals surface area contributed by atoms with E-state index in [1.807, 2.05) is 6.07 Å². The molecule has 1 saturated heterocycles. The Morgan fingerprint density at radius 1 is 1.44 bits per heavy atom. The molecule has 96 valence electrons. The van der Waals surface area contributed by atoms with E-state index in [2.05, 4.69) is 0 Å². The van der Waals surface area contributed by atoms with E-state index >= 15 is 0 Å². The largest absolute Gasteiger partial charge is 0.495 e. The van der Waals surface area contributed by atoms with Crippen molar-refractivity contribution in [3.05, 3.63) is 24.3 Å². The highest BCUT2D eigenvalue weighted by molar-refractivity contribution is 5.96. The van der Waals surface area contributed by atoms with Crippen LogP contribution in [-0.4, -0.2) is 30.6 Å². The zero-order chi connectivity index (χ0) is 13.1. The van der Waals surface area contributed by atoms with Crippen LogP contribution in [0, 0.1) is 5.92 Å². The molecule has 1 aliphatic rings. The van der Waals surface area contributed by atoms with Crippen molar-refractivity contribution in [2.75, 3.05) is 18.6 Å². The third-order valence-electron chi connectivity index (χ3n) is 3.14. The molecule has 0 radical (unpaired) electrons. The van der Waals surface area contributed by atoms with Gasteiger partial charge in [-0.3, -0.25) is 9.59 Å². The number of carbonyl (C=O) groups excluding carboxylic acids is 1. The Morgan fingerprint density at radius 2 is 2.17 bits per heavy atom. The van der Waals surface area contributed by atoms with E-state index in [1.165, 1.54) is 12.0 Å². The van der Waals surface area contributed by atoms with E-state index < -0.39 is 11.9 Å². The minimum absolute atomic E-state index is 0.0583. The van der Waals surface area contributed by atoms with Gasteiger partial charge < -0.3 is 14.7 Å². The second-order valence-corrected chi connectivity index (χ2v) is 4.25. The number of carboxylic acids is 1. The molecule has 0 spiro atoms. The van der Waals surface area contributed by atoms with E-state index in [4.69, 9.17) is 9.84 Å². The summed E-state index contributed by atoms with van der Waals surface area (Å²) in [4.78, 5) is 24.4. The van der Waals surface area contributed by atoms with Crippen LogP contribution >= 0.6 is 0 Å². The smallest absolute Gasteiger partial charge is 0.308 e. The van der Waals surface area contributed by atoms with Crippen molar-refractivity contribution in [2.45, 2.75) is 12.8 Å². The highest BCUT2D eigenvalue weighted by Gasteiger charge is 2.31. The van der Waals surface area contributed by atoms with Crippen molar-refractivity contribution in [2.24, 2.45) is 5.92 Å². The van der Waals surface area contributed by atoms with Crippen LogP contribution in [0.15, 0.2) is 24.3 Å². The summed E-state index contributed by atoms with van der Waals surface area (Å²) in [5, 5.41) is 9.05. The van der Waals surface area contributed by atoms with Crippen molar-refractivity contribution >= 4 is 17.6 Å². The number of anilines is 1. The molecular weight excluding hydrogens is 234 g/mol. The van der Waals surface area contributed by atoms with Gasteiger partial charge >= 0.3 is 5.97 Å². The molecule has 1 aliphatic heterocycles. The number of para-hydroxylation sites is 2. The number of carbonyl (C=O) groups is 2. The molecule has 0 aliphatic carbocycles. The SMILES string of the molecule is COc1ccccc1N1C[C@H](C(=O)O)CCC1=O. The standard InChI is InChI=1S/C13H15NO4/c1-18-11-5-3-2-4-10(11)14-8-9(13(16)17)6-7-12(14)15/h2-5,9H,6-8H2,1H3,(H,16,17)/t9-/m1/s1. The van der Waals surface area contributed by atoms with Gasteiger partial charge in [-0.05, 0) is 18.6 Å². The van der Waals surface area contributed by atoms with Gasteiger partial charge in [0.05, 0.1) is 18.7 Å². The lowest BCUT2D eigenvalue weighted by Gasteiger charge is -2.31. The van der Waals surface area contributed by atoms with E-state index in [-0.39, 0.29) is 18.9 Å². The minimum Gasteiger partial charge on any atom is -0.495 e. The van der Waals surface area contributed by atoms with E-state index in [0.29, 0.717) is 17.9 Å². The van der Waals surface area contributed by atoms with Crippen LogP contribution in [0.3, 0.4) is 0 Å². The van der Waals surface area contributed by atoms with Crippen LogP contribution in [0.25, 0.3) is 0 Å². The Balaban J connectivity index is 2.29. The highest BCUT2D eigenvalue weighted by Crippen LogP contribution is 2.31. The van der Waals surface area contributed by atoms with Gasteiger partial charge in [-0.25, -0.2) is 0 Å². The lowest BCUT2D eigenvalue weighted by atomic mass is 9.97. The Bertz CT molecular complexity index is 472. The normalized spacial score (nSPS) is 19.7. The molecule has 0 aromatic heterocycles. The zero-order valence-corrected chi connectivity index (χ0v) is 10.1. The third kappa shape index (κ3) is 2.30. The molecule has 1 fully saturated rings. The maximum absolute atomic E-state index is 11.9. The maximum atomic E-state index is 11.9. The summed E-state index contributed by atoms with van der Waals surface area (Å²) >= 11 is 0. The molecular formula is C13H15NO4. The van der Waals surface area contributed by atoms with Crippen LogP contribution in [0.4, 0.5) is 5.69 Å². The van der Waals surface area contributed by atoms with E-state index in [9.17, 15) is 9.59 Å². The van der Waals surface area contributed by atoms with Crippen molar-refractivity contribution in [3.8, 4) is 5.75 Å². The highest BCUT2D eigenvalue weighted by atomic mass is 16.5. The van der Waals surface area contributed by atoms with Crippen LogP contribution < -0.4 is 9.64 Å². The Kier molecular flexibility index (Phi) is 3.50. The number of hydrogen-bond acceptors (Lipinski definition) is 3. The van der Waals surface area contributed by atoms with Crippen molar-refractivity contribution in [1.29, 1.82) is 0 Å². The molecule has 1 atom stereocenters. The van der Waals surface area contributed by atoms with Gasteiger partial charge in [0.15, 0.2) is 0 Å². The van der Waals surface area contributed by atoms with Gasteiger partial charge in [-0.15, -0.1) is 0 Å². The molecule has 0 unspecified atom stereocenters. The fourth-order valence-corrected chi connectivity index (χ4v) is 2.13. The van der Waals surface area contributed by atoms with Crippen LogP contribution in [0.5, 0.6) is 5.75 Å². The summed E-state index contributed by atoms with van der Waals surface area (Å²) in [6, 6.07) is 7.13. The number of nitrogens with zero attached hydrogens (tertiary/aromatic N) is 1. The third-order valence-corrected chi connectivity index (χ3v) is 3.14. The fraction of sp³-hybridized carbons (Fsp3) is 0.385. The maximum Gasteiger partial charge on any atom is 0.308 e. The van der Waals surface area contributed by atoms with Gasteiger partial charge in [-0.2, -0.15) is 0 Å². The lowest BCUT2D eigenvalue weighted by molar-refractivity contribution is -0.142. The van der Waals surface area contributed by atoms with Crippen molar-refractivity contribution in [1.82, 2.24) is 0 Å². The van der Waals surface area contributed by atoms with Gasteiger partial charge in [0, 0.05) is 13.0 Å². The molecule has 1 aromatic carbocycles. The molecule has 5 heteroatoms. The van der Waals surface area contributed by atoms with Gasteiger partial charge in [0.1, 0.15) is 5.75 Å². The molecule has 0 saturated carbocycles. The van der Waals surface area contributed by atoms with Gasteiger partial charge in [-0.1, -0.05) is 12.1 Å². The monoisotopic (exact) mass is 249 g/mol. The summed E-state index contributed by atoms with van der Waals surface area (Å²) < 4.78 is 5.20. The molecule has 0 bridgehead atoms. The Morgan fingerprint density at radius 3 is 2.83 bits per heavy atom. The first-order chi connectivity index (χ1) is 8.63. The fourth-order valence-electron chi connectivity index (χ4n) is 2.13. The van der Waals surface area contributed by atoms with E-state index in [0.717, 1.165) is 0 Å². The first kappa shape index (κ1) is 12.4. The average Bonchev–Trinajstić information content (AvgIpc) is 2.39. The van der Waals surface area contributed by atoms with Crippen LogP contribution in [-0.2, 0) is 9.59 Å². The van der Waals surface area contributed by atoms with Crippen LogP contribution in [0.1, 0.15) is 12.8 Å². The topological polar surface area (TPSA) is 66.8 Å². The number of ether oxygens (including phenoxy) is 1. The molecule has 1 N–H and O–H groups in total. The summed E-state index contributed by atoms with van der Waals surface area (Å²) in [6.45, 7) is 0.203. The van der Waals surface area contributed by atoms with Gasteiger partial charge in [0.25, 0.3) is 0 Å². The average molecular weight is 249 g/mol. The molecule has 5 nitrogen and oxygen atoms in total. The quantitative estimate of drug-likeness (QED) is 0.882. The summed E-state index contributed by atoms with van der Waals surface area (Å²) in [5.41, 5.74) is 0.635. The van der Waals surface area contributed by atoms with Crippen LogP contribution in [0.2, 0.25) is 0 Å². The van der Waals surface area contributed by atoms with Gasteiger partial charge in [0.2, 0.25) is 5.91 Å². The number of amides is 1. The Hall–Kier alpha value is -2.04. The lowest BCUT2D eigenvalue weighted by Crippen LogP contribution is -2.42. The van der Waals surface area contributed by atoms with Crippen molar-refractivity contribution in [3.63, 3.8) is 0 Å². The molecule has 1 aromatic rings. The molecule has 2 rings (SSSR count). The second-order valence-electron chi connectivity index (χ2n) is 4.25. The summed E-state index contributed by atoms with van der Waals surface area (Å²) in [7, 11) is 1.53. The minimum atomic E-state index is -0.859. The first-order valence-electron chi connectivity index (χ1n) is 5.79. The number of aliphatic carboxylic acids is 1. The zero-order valence-electron chi connectivity index (χ0n) is 10.1. The molecule has 1 amide bonds. The molecule has 1 heterocycles. The van der Waals surface area contributed by atoms with Crippen molar-refractivity contribution < 1.29 is 19.4 Å². The number of benzene rings is 1. The summed E-state index contributed by atoms with van der Waals surface area (Å²) in [5.74, 6) is -0.844. The predicted octanol–water partition coefficient (Wildman–Crippen LogP) is 1.52. The first-order valence-corrected chi connectivity index (χ1v) is 5.79. The number of methoxy groups -OCH3 is 1. The summed E-state index contributed by atoms with van der Waals surface area (Å²) in [6.07, 6.45) is 0.662. The second kappa shape index (κ2) is 5.08. The molecule has 18 heavy (non-hydrogen) atoms. The Labute approximate surface area is 105 Å². The number of piperidine rings is 1.